The van der Waals surface area contributed by atoms with Gasteiger partial charge in [0.05, 0.1) is 13.2 Å². The molecule has 1 aliphatic heterocycles. The average Bonchev–Trinajstić information content (AvgIpc) is 2.89. The van der Waals surface area contributed by atoms with Gasteiger partial charge in [0, 0.05) is 13.1 Å². The van der Waals surface area contributed by atoms with E-state index in [9.17, 15) is 4.79 Å². The molecule has 0 spiro atoms. The molecular weight excluding hydrogens is 248 g/mol. The van der Waals surface area contributed by atoms with Crippen LogP contribution in [0.1, 0.15) is 19.8 Å². The summed E-state index contributed by atoms with van der Waals surface area (Å²) in [6, 6.07) is 0.158. The van der Waals surface area contributed by atoms with Crippen molar-refractivity contribution in [3.63, 3.8) is 0 Å². The van der Waals surface area contributed by atoms with Crippen molar-refractivity contribution in [3.8, 4) is 6.01 Å². The Morgan fingerprint density at radius 3 is 2.79 bits per heavy atom. The highest BCUT2D eigenvalue weighted by Gasteiger charge is 2.17. The number of aromatic nitrogens is 3. The molecule has 8 heteroatoms. The minimum atomic E-state index is 0.0365. The van der Waals surface area contributed by atoms with E-state index in [0.29, 0.717) is 6.61 Å². The number of amides is 1. The fourth-order valence-electron chi connectivity index (χ4n) is 1.88. The number of nitrogen functional groups attached to an aromatic ring is 1. The Morgan fingerprint density at radius 1 is 1.37 bits per heavy atom. The third kappa shape index (κ3) is 3.67. The van der Waals surface area contributed by atoms with Crippen molar-refractivity contribution < 1.29 is 9.53 Å². The molecule has 0 aliphatic carbocycles. The summed E-state index contributed by atoms with van der Waals surface area (Å²) in [7, 11) is 0. The molecule has 19 heavy (non-hydrogen) atoms. The van der Waals surface area contributed by atoms with Gasteiger partial charge in [-0.05, 0) is 19.8 Å². The number of likely N-dealkylation sites (tertiary alicyclic amines) is 1. The van der Waals surface area contributed by atoms with Gasteiger partial charge in [0.1, 0.15) is 0 Å². The van der Waals surface area contributed by atoms with Gasteiger partial charge in [-0.2, -0.15) is 15.0 Å². The lowest BCUT2D eigenvalue weighted by Crippen LogP contribution is -2.33. The summed E-state index contributed by atoms with van der Waals surface area (Å²) >= 11 is 0. The second kappa shape index (κ2) is 6.17. The lowest BCUT2D eigenvalue weighted by atomic mass is 10.4. The molecule has 0 bridgehead atoms. The Labute approximate surface area is 111 Å². The Morgan fingerprint density at radius 2 is 2.11 bits per heavy atom. The van der Waals surface area contributed by atoms with Crippen LogP contribution in [0.5, 0.6) is 6.01 Å². The molecule has 1 aliphatic rings. The number of nitrogens with two attached hydrogens (primary N) is 1. The molecule has 0 radical (unpaired) electrons. The number of carbonyl (C=O) groups excluding carboxylic acids is 1. The van der Waals surface area contributed by atoms with E-state index in [4.69, 9.17) is 10.5 Å². The molecule has 1 aromatic rings. The van der Waals surface area contributed by atoms with E-state index < -0.39 is 0 Å². The first-order valence-electron chi connectivity index (χ1n) is 6.35. The molecule has 1 aromatic heterocycles. The second-order valence-corrected chi connectivity index (χ2v) is 4.17. The van der Waals surface area contributed by atoms with Crippen LogP contribution in [-0.2, 0) is 4.79 Å². The van der Waals surface area contributed by atoms with Crippen molar-refractivity contribution >= 4 is 17.8 Å². The van der Waals surface area contributed by atoms with Crippen LogP contribution >= 0.6 is 0 Å². The maximum absolute atomic E-state index is 11.8. The SMILES string of the molecule is CCOc1nc(N)nc(NCC(=O)N2CCCC2)n1. The van der Waals surface area contributed by atoms with E-state index in [2.05, 4.69) is 20.3 Å². The molecule has 3 N–H and O–H groups in total. The van der Waals surface area contributed by atoms with E-state index in [-0.39, 0.29) is 30.4 Å². The summed E-state index contributed by atoms with van der Waals surface area (Å²) in [5, 5.41) is 2.85. The van der Waals surface area contributed by atoms with Gasteiger partial charge in [0.2, 0.25) is 17.8 Å². The monoisotopic (exact) mass is 266 g/mol. The van der Waals surface area contributed by atoms with Gasteiger partial charge in [0.15, 0.2) is 0 Å². The van der Waals surface area contributed by atoms with Crippen molar-refractivity contribution in [2.45, 2.75) is 19.8 Å². The molecule has 0 saturated carbocycles. The van der Waals surface area contributed by atoms with E-state index in [1.807, 2.05) is 11.8 Å². The first-order valence-corrected chi connectivity index (χ1v) is 6.35. The Hall–Kier alpha value is -2.12. The normalized spacial score (nSPS) is 14.5. The van der Waals surface area contributed by atoms with Crippen LogP contribution < -0.4 is 15.8 Å². The quantitative estimate of drug-likeness (QED) is 0.765. The smallest absolute Gasteiger partial charge is 0.323 e. The Balaban J connectivity index is 1.92. The maximum atomic E-state index is 11.8. The lowest BCUT2D eigenvalue weighted by Gasteiger charge is -2.15. The van der Waals surface area contributed by atoms with Crippen molar-refractivity contribution in [2.75, 3.05) is 37.3 Å². The average molecular weight is 266 g/mol. The standard InChI is InChI=1S/C11H18N6O2/c1-2-19-11-15-9(12)14-10(16-11)13-7-8(18)17-5-3-4-6-17/h2-7H2,1H3,(H3,12,13,14,15,16). The summed E-state index contributed by atoms with van der Waals surface area (Å²) in [6.45, 7) is 4.06. The molecule has 104 valence electrons. The number of hydrogen-bond donors (Lipinski definition) is 2. The molecule has 8 nitrogen and oxygen atoms in total. The highest BCUT2D eigenvalue weighted by Crippen LogP contribution is 2.10. The number of nitrogens with zero attached hydrogens (tertiary/aromatic N) is 4. The number of hydrogen-bond acceptors (Lipinski definition) is 7. The van der Waals surface area contributed by atoms with Crippen molar-refractivity contribution in [1.82, 2.24) is 19.9 Å². The predicted molar refractivity (Wildman–Crippen MR) is 69.7 cm³/mol. The highest BCUT2D eigenvalue weighted by molar-refractivity contribution is 5.80. The summed E-state index contributed by atoms with van der Waals surface area (Å²) in [5.74, 6) is 0.354. The van der Waals surface area contributed by atoms with Crippen LogP contribution in [0.25, 0.3) is 0 Å². The van der Waals surface area contributed by atoms with Gasteiger partial charge in [0.25, 0.3) is 0 Å². The van der Waals surface area contributed by atoms with Gasteiger partial charge in [-0.3, -0.25) is 4.79 Å². The third-order valence-corrected chi connectivity index (χ3v) is 2.76. The van der Waals surface area contributed by atoms with Crippen LogP contribution in [0.3, 0.4) is 0 Å². The third-order valence-electron chi connectivity index (χ3n) is 2.76. The molecule has 0 aromatic carbocycles. The van der Waals surface area contributed by atoms with Gasteiger partial charge >= 0.3 is 6.01 Å². The van der Waals surface area contributed by atoms with Crippen LogP contribution in [0.15, 0.2) is 0 Å². The summed E-state index contributed by atoms with van der Waals surface area (Å²) in [4.78, 5) is 25.4. The minimum absolute atomic E-state index is 0.0365. The lowest BCUT2D eigenvalue weighted by molar-refractivity contribution is -0.128. The topological polar surface area (TPSA) is 106 Å². The van der Waals surface area contributed by atoms with Crippen molar-refractivity contribution in [3.05, 3.63) is 0 Å². The molecule has 0 atom stereocenters. The number of ether oxygens (including phenoxy) is 1. The molecule has 0 unspecified atom stereocenters. The fraction of sp³-hybridized carbons (Fsp3) is 0.636. The van der Waals surface area contributed by atoms with Crippen LogP contribution in [-0.4, -0.2) is 52.0 Å². The maximum Gasteiger partial charge on any atom is 0.323 e. The fourth-order valence-corrected chi connectivity index (χ4v) is 1.88. The predicted octanol–water partition coefficient (Wildman–Crippen LogP) is -0.113. The molecule has 1 amide bonds. The number of rotatable bonds is 5. The number of anilines is 2. The first-order chi connectivity index (χ1) is 9.19. The zero-order valence-corrected chi connectivity index (χ0v) is 10.9. The van der Waals surface area contributed by atoms with Crippen molar-refractivity contribution in [1.29, 1.82) is 0 Å². The van der Waals surface area contributed by atoms with E-state index in [1.54, 1.807) is 0 Å². The van der Waals surface area contributed by atoms with Gasteiger partial charge < -0.3 is 20.7 Å². The number of nitrogens with one attached hydrogen (secondary N) is 1. The second-order valence-electron chi connectivity index (χ2n) is 4.17. The van der Waals surface area contributed by atoms with Crippen LogP contribution in [0, 0.1) is 0 Å². The van der Waals surface area contributed by atoms with E-state index >= 15 is 0 Å². The molecular formula is C11H18N6O2. The van der Waals surface area contributed by atoms with Crippen molar-refractivity contribution in [2.24, 2.45) is 0 Å². The summed E-state index contributed by atoms with van der Waals surface area (Å²) in [6.07, 6.45) is 2.14. The van der Waals surface area contributed by atoms with E-state index in [1.165, 1.54) is 0 Å². The molecule has 1 fully saturated rings. The molecule has 2 rings (SSSR count). The molecule has 2 heterocycles. The Bertz CT molecular complexity index is 447. The zero-order valence-electron chi connectivity index (χ0n) is 10.9. The number of carbonyl (C=O) groups is 1. The molecule has 1 saturated heterocycles. The summed E-state index contributed by atoms with van der Waals surface area (Å²) in [5.41, 5.74) is 5.54. The first kappa shape index (κ1) is 13.3. The van der Waals surface area contributed by atoms with E-state index in [0.717, 1.165) is 25.9 Å². The van der Waals surface area contributed by atoms with Crippen LogP contribution in [0.2, 0.25) is 0 Å². The van der Waals surface area contributed by atoms with Gasteiger partial charge in [-0.15, -0.1) is 0 Å². The Kier molecular flexibility index (Phi) is 4.32. The van der Waals surface area contributed by atoms with Gasteiger partial charge in [-0.25, -0.2) is 0 Å². The highest BCUT2D eigenvalue weighted by atomic mass is 16.5. The van der Waals surface area contributed by atoms with Gasteiger partial charge in [-0.1, -0.05) is 0 Å². The minimum Gasteiger partial charge on any atom is -0.464 e. The summed E-state index contributed by atoms with van der Waals surface area (Å²) < 4.78 is 5.16. The largest absolute Gasteiger partial charge is 0.464 e. The van der Waals surface area contributed by atoms with Crippen LogP contribution in [0.4, 0.5) is 11.9 Å². The zero-order chi connectivity index (χ0) is 13.7.